The highest BCUT2D eigenvalue weighted by Gasteiger charge is 2.12. The summed E-state index contributed by atoms with van der Waals surface area (Å²) in [6.45, 7) is 2.00. The third kappa shape index (κ3) is 2.79. The Morgan fingerprint density at radius 1 is 1.29 bits per heavy atom. The molecule has 7 nitrogen and oxygen atoms in total. The van der Waals surface area contributed by atoms with Crippen molar-refractivity contribution in [1.82, 2.24) is 15.0 Å². The molecule has 0 radical (unpaired) electrons. The van der Waals surface area contributed by atoms with Crippen LogP contribution in [0.2, 0.25) is 0 Å². The summed E-state index contributed by atoms with van der Waals surface area (Å²) in [5.74, 6) is 0.110. The number of pyridine rings is 1. The van der Waals surface area contributed by atoms with Crippen LogP contribution < -0.4 is 5.73 Å². The number of anilines is 1. The molecule has 0 saturated carbocycles. The van der Waals surface area contributed by atoms with Crippen LogP contribution in [0.5, 0.6) is 0 Å². The summed E-state index contributed by atoms with van der Waals surface area (Å²) in [6.07, 6.45) is 0. The van der Waals surface area contributed by atoms with Gasteiger partial charge in [-0.3, -0.25) is 10.1 Å². The maximum Gasteiger partial charge on any atom is 0.275 e. The quantitative estimate of drug-likeness (QED) is 0.568. The molecule has 0 fully saturated rings. The summed E-state index contributed by atoms with van der Waals surface area (Å²) in [5, 5.41) is 11.9. The average molecular weight is 301 g/mol. The fraction of sp³-hybridized carbons (Fsp3) is 0.0769. The van der Waals surface area contributed by atoms with E-state index in [1.165, 1.54) is 23.9 Å². The van der Waals surface area contributed by atoms with Crippen LogP contribution in [0.1, 0.15) is 5.56 Å². The van der Waals surface area contributed by atoms with Crippen LogP contribution in [0.15, 0.2) is 40.5 Å². The molecule has 0 saturated heterocycles. The first-order chi connectivity index (χ1) is 10.0. The van der Waals surface area contributed by atoms with Crippen LogP contribution in [0.3, 0.4) is 0 Å². The predicted molar refractivity (Wildman–Crippen MR) is 80.3 cm³/mol. The van der Waals surface area contributed by atoms with Crippen LogP contribution in [-0.2, 0) is 0 Å². The van der Waals surface area contributed by atoms with Gasteiger partial charge in [-0.15, -0.1) is 0 Å². The van der Waals surface area contributed by atoms with Crippen LogP contribution in [0, 0.1) is 17.0 Å². The van der Waals surface area contributed by atoms with Crippen molar-refractivity contribution in [2.75, 3.05) is 5.73 Å². The number of aryl methyl sites for hydroxylation is 1. The molecule has 0 aliphatic heterocycles. The number of nitrogens with zero attached hydrogens (tertiary/aromatic N) is 3. The first kappa shape index (κ1) is 13.4. The number of aromatic amines is 1. The van der Waals surface area contributed by atoms with Gasteiger partial charge in [0.05, 0.1) is 22.0 Å². The number of nitrogens with one attached hydrogen (secondary N) is 1. The minimum Gasteiger partial charge on any atom is -0.383 e. The maximum absolute atomic E-state index is 10.8. The van der Waals surface area contributed by atoms with Crippen molar-refractivity contribution in [3.63, 3.8) is 0 Å². The van der Waals surface area contributed by atoms with Crippen molar-refractivity contribution in [2.45, 2.75) is 17.1 Å². The molecule has 3 rings (SSSR count). The van der Waals surface area contributed by atoms with Crippen molar-refractivity contribution < 1.29 is 4.92 Å². The molecule has 3 N–H and O–H groups in total. The van der Waals surface area contributed by atoms with E-state index in [2.05, 4.69) is 15.0 Å². The molecule has 0 amide bonds. The number of H-pyrrole nitrogens is 1. The van der Waals surface area contributed by atoms with E-state index in [-0.39, 0.29) is 11.5 Å². The number of rotatable bonds is 3. The number of nitrogens with two attached hydrogens (primary N) is 1. The summed E-state index contributed by atoms with van der Waals surface area (Å²) in [4.78, 5) is 22.0. The summed E-state index contributed by atoms with van der Waals surface area (Å²) >= 11 is 1.20. The Bertz CT molecular complexity index is 846. The SMILES string of the molecule is Cc1ccc2nc(Sc3cc([N+](=O)[O-])cc(N)n3)[nH]c2c1. The molecule has 0 atom stereocenters. The first-order valence-electron chi connectivity index (χ1n) is 6.07. The van der Waals surface area contributed by atoms with E-state index in [4.69, 9.17) is 5.73 Å². The van der Waals surface area contributed by atoms with E-state index in [1.54, 1.807) is 0 Å². The predicted octanol–water partition coefficient (Wildman–Crippen LogP) is 2.91. The minimum atomic E-state index is -0.496. The highest BCUT2D eigenvalue weighted by Crippen LogP contribution is 2.29. The smallest absolute Gasteiger partial charge is 0.275 e. The Hall–Kier alpha value is -2.61. The molecule has 0 unspecified atom stereocenters. The number of hydrogen-bond acceptors (Lipinski definition) is 6. The number of nitro groups is 1. The fourth-order valence-electron chi connectivity index (χ4n) is 1.92. The van der Waals surface area contributed by atoms with E-state index in [0.717, 1.165) is 16.6 Å². The summed E-state index contributed by atoms with van der Waals surface area (Å²) < 4.78 is 0. The van der Waals surface area contributed by atoms with Gasteiger partial charge in [0.25, 0.3) is 5.69 Å². The second kappa shape index (κ2) is 5.06. The van der Waals surface area contributed by atoms with Gasteiger partial charge in [0, 0.05) is 6.07 Å². The van der Waals surface area contributed by atoms with Crippen molar-refractivity contribution in [3.05, 3.63) is 46.0 Å². The van der Waals surface area contributed by atoms with Gasteiger partial charge in [-0.25, -0.2) is 9.97 Å². The molecule has 21 heavy (non-hydrogen) atoms. The number of nitrogen functional groups attached to an aromatic ring is 1. The van der Waals surface area contributed by atoms with Gasteiger partial charge < -0.3 is 10.7 Å². The van der Waals surface area contributed by atoms with Crippen molar-refractivity contribution in [2.24, 2.45) is 0 Å². The highest BCUT2D eigenvalue weighted by atomic mass is 32.2. The molecular formula is C13H11N5O2S. The Balaban J connectivity index is 1.96. The number of hydrogen-bond donors (Lipinski definition) is 2. The lowest BCUT2D eigenvalue weighted by Crippen LogP contribution is -1.96. The number of benzene rings is 1. The lowest BCUT2D eigenvalue weighted by molar-refractivity contribution is -0.385. The maximum atomic E-state index is 10.8. The zero-order valence-corrected chi connectivity index (χ0v) is 11.8. The monoisotopic (exact) mass is 301 g/mol. The molecule has 106 valence electrons. The van der Waals surface area contributed by atoms with Crippen LogP contribution in [-0.4, -0.2) is 19.9 Å². The van der Waals surface area contributed by atoms with E-state index < -0.39 is 4.92 Å². The zero-order chi connectivity index (χ0) is 15.0. The van der Waals surface area contributed by atoms with E-state index in [0.29, 0.717) is 10.2 Å². The Morgan fingerprint density at radius 2 is 2.10 bits per heavy atom. The highest BCUT2D eigenvalue weighted by molar-refractivity contribution is 7.99. The molecule has 0 bridgehead atoms. The molecule has 0 aliphatic rings. The largest absolute Gasteiger partial charge is 0.383 e. The lowest BCUT2D eigenvalue weighted by Gasteiger charge is -1.99. The topological polar surface area (TPSA) is 111 Å². The summed E-state index contributed by atoms with van der Waals surface area (Å²) in [5.41, 5.74) is 8.37. The third-order valence-corrected chi connectivity index (χ3v) is 3.64. The van der Waals surface area contributed by atoms with E-state index in [9.17, 15) is 10.1 Å². The van der Waals surface area contributed by atoms with Gasteiger partial charge in [0.15, 0.2) is 5.16 Å². The van der Waals surface area contributed by atoms with Gasteiger partial charge in [0.2, 0.25) is 0 Å². The minimum absolute atomic E-state index is 0.0862. The second-order valence-corrected chi connectivity index (χ2v) is 5.52. The molecule has 1 aromatic carbocycles. The lowest BCUT2D eigenvalue weighted by atomic mass is 10.2. The van der Waals surface area contributed by atoms with Gasteiger partial charge in [-0.1, -0.05) is 6.07 Å². The van der Waals surface area contributed by atoms with Crippen molar-refractivity contribution >= 4 is 34.3 Å². The van der Waals surface area contributed by atoms with Gasteiger partial charge in [-0.2, -0.15) is 0 Å². The standard InChI is InChI=1S/C13H11N5O2S/c1-7-2-3-9-10(4-7)16-13(15-9)21-12-6-8(18(19)20)5-11(14)17-12/h2-6H,1H3,(H2,14,17)(H,15,16). The van der Waals surface area contributed by atoms with E-state index >= 15 is 0 Å². The number of fused-ring (bicyclic) bond motifs is 1. The number of aromatic nitrogens is 3. The van der Waals surface area contributed by atoms with Gasteiger partial charge in [0.1, 0.15) is 10.8 Å². The van der Waals surface area contributed by atoms with Gasteiger partial charge >= 0.3 is 0 Å². The Morgan fingerprint density at radius 3 is 2.86 bits per heavy atom. The second-order valence-electron chi connectivity index (χ2n) is 4.51. The molecule has 2 heterocycles. The Labute approximate surface area is 123 Å². The molecular weight excluding hydrogens is 290 g/mol. The third-order valence-electron chi connectivity index (χ3n) is 2.83. The van der Waals surface area contributed by atoms with Gasteiger partial charge in [-0.05, 0) is 36.4 Å². The molecule has 3 aromatic rings. The normalized spacial score (nSPS) is 10.9. The summed E-state index contributed by atoms with van der Waals surface area (Å²) in [7, 11) is 0. The van der Waals surface area contributed by atoms with Crippen LogP contribution >= 0.6 is 11.8 Å². The molecule has 8 heteroatoms. The molecule has 2 aromatic heterocycles. The van der Waals surface area contributed by atoms with Crippen LogP contribution in [0.25, 0.3) is 11.0 Å². The molecule has 0 aliphatic carbocycles. The van der Waals surface area contributed by atoms with Crippen molar-refractivity contribution in [3.8, 4) is 0 Å². The first-order valence-corrected chi connectivity index (χ1v) is 6.89. The van der Waals surface area contributed by atoms with Crippen LogP contribution in [0.4, 0.5) is 11.5 Å². The van der Waals surface area contributed by atoms with Crippen molar-refractivity contribution in [1.29, 1.82) is 0 Å². The average Bonchev–Trinajstić information content (AvgIpc) is 2.79. The number of imidazole rings is 1. The molecule has 0 spiro atoms. The fourth-order valence-corrected chi connectivity index (χ4v) is 2.75. The Kier molecular flexibility index (Phi) is 3.22. The summed E-state index contributed by atoms with van der Waals surface area (Å²) in [6, 6.07) is 8.48. The van der Waals surface area contributed by atoms with E-state index in [1.807, 2.05) is 25.1 Å². The zero-order valence-electron chi connectivity index (χ0n) is 11.0.